The molecule has 0 aliphatic heterocycles. The Morgan fingerprint density at radius 2 is 1.79 bits per heavy atom. The largest absolute Gasteiger partial charge is 0.357 e. The van der Waals surface area contributed by atoms with E-state index < -0.39 is 0 Å². The lowest BCUT2D eigenvalue weighted by Crippen LogP contribution is -2.40. The summed E-state index contributed by atoms with van der Waals surface area (Å²) in [5.41, 5.74) is 3.88. The monoisotopic (exact) mass is 380 g/mol. The molecule has 0 radical (unpaired) electrons. The third-order valence-corrected chi connectivity index (χ3v) is 4.15. The molecule has 5 nitrogen and oxygen atoms in total. The Morgan fingerprint density at radius 3 is 2.46 bits per heavy atom. The summed E-state index contributed by atoms with van der Waals surface area (Å²) in [5.74, 6) is 0.693. The lowest BCUT2D eigenvalue weighted by atomic mass is 10.1. The van der Waals surface area contributed by atoms with Gasteiger partial charge in [0.2, 0.25) is 0 Å². The number of guanidine groups is 1. The summed E-state index contributed by atoms with van der Waals surface area (Å²) in [6.45, 7) is 12.1. The molecule has 0 aliphatic rings. The number of amides is 1. The molecule has 1 amide bonds. The highest BCUT2D eigenvalue weighted by Crippen LogP contribution is 2.10. The molecule has 0 spiro atoms. The van der Waals surface area contributed by atoms with E-state index in [1.165, 1.54) is 11.1 Å². The number of benzene rings is 2. The van der Waals surface area contributed by atoms with Crippen molar-refractivity contribution in [1.29, 1.82) is 0 Å². The third kappa shape index (κ3) is 7.06. The van der Waals surface area contributed by atoms with E-state index in [9.17, 15) is 4.79 Å². The van der Waals surface area contributed by atoms with E-state index in [2.05, 4.69) is 40.0 Å². The smallest absolute Gasteiger partial charge is 0.251 e. The molecule has 0 heterocycles. The van der Waals surface area contributed by atoms with Gasteiger partial charge in [-0.05, 0) is 63.4 Å². The Labute approximate surface area is 168 Å². The van der Waals surface area contributed by atoms with Crippen LogP contribution in [0.4, 0.5) is 0 Å². The van der Waals surface area contributed by atoms with Gasteiger partial charge in [-0.3, -0.25) is 4.79 Å². The summed E-state index contributed by atoms with van der Waals surface area (Å²) in [5, 5.41) is 9.64. The molecule has 0 unspecified atom stereocenters. The Hall–Kier alpha value is -2.82. The maximum atomic E-state index is 12.4. The summed E-state index contributed by atoms with van der Waals surface area (Å²) in [4.78, 5) is 17.0. The number of aliphatic imine (C=N–C) groups is 1. The van der Waals surface area contributed by atoms with E-state index in [-0.39, 0.29) is 11.4 Å². The van der Waals surface area contributed by atoms with Gasteiger partial charge in [-0.1, -0.05) is 36.4 Å². The van der Waals surface area contributed by atoms with Gasteiger partial charge in [-0.25, -0.2) is 4.99 Å². The maximum Gasteiger partial charge on any atom is 0.251 e. The van der Waals surface area contributed by atoms with Crippen molar-refractivity contribution in [3.8, 4) is 0 Å². The van der Waals surface area contributed by atoms with Crippen LogP contribution in [0, 0.1) is 6.92 Å². The van der Waals surface area contributed by atoms with Gasteiger partial charge in [0.1, 0.15) is 0 Å². The number of aryl methyl sites for hydroxylation is 1. The van der Waals surface area contributed by atoms with Crippen molar-refractivity contribution in [2.24, 2.45) is 4.99 Å². The van der Waals surface area contributed by atoms with Crippen molar-refractivity contribution in [3.63, 3.8) is 0 Å². The van der Waals surface area contributed by atoms with Gasteiger partial charge in [-0.15, -0.1) is 0 Å². The zero-order chi connectivity index (χ0) is 20.6. The average Bonchev–Trinajstić information content (AvgIpc) is 2.64. The number of nitrogens with one attached hydrogen (secondary N) is 3. The van der Waals surface area contributed by atoms with Gasteiger partial charge in [0.15, 0.2) is 5.96 Å². The second-order valence-corrected chi connectivity index (χ2v) is 7.88. The fraction of sp³-hybridized carbons (Fsp3) is 0.391. The zero-order valence-electron chi connectivity index (χ0n) is 17.6. The predicted octanol–water partition coefficient (Wildman–Crippen LogP) is 3.78. The second kappa shape index (κ2) is 9.93. The van der Waals surface area contributed by atoms with Crippen LogP contribution in [-0.2, 0) is 13.1 Å². The molecule has 0 aliphatic carbocycles. The molecule has 2 aromatic carbocycles. The van der Waals surface area contributed by atoms with E-state index in [0.717, 1.165) is 18.1 Å². The molecule has 2 rings (SSSR count). The fourth-order valence-corrected chi connectivity index (χ4v) is 2.72. The van der Waals surface area contributed by atoms with Crippen LogP contribution in [-0.4, -0.2) is 24.0 Å². The standard InChI is InChI=1S/C23H32N4O/c1-6-24-22(26-16-20-12-8-7-10-17(20)2)25-15-18-11-9-13-19(14-18)21(28)27-23(3,4)5/h7-14H,6,15-16H2,1-5H3,(H,27,28)(H2,24,25,26). The molecule has 0 saturated carbocycles. The Kier molecular flexibility index (Phi) is 7.61. The number of carbonyl (C=O) groups excluding carboxylic acids is 1. The van der Waals surface area contributed by atoms with Gasteiger partial charge in [0.25, 0.3) is 5.91 Å². The summed E-state index contributed by atoms with van der Waals surface area (Å²) in [7, 11) is 0. The maximum absolute atomic E-state index is 12.4. The van der Waals surface area contributed by atoms with Crippen molar-refractivity contribution in [2.45, 2.75) is 53.2 Å². The number of nitrogens with zero attached hydrogens (tertiary/aromatic N) is 1. The quantitative estimate of drug-likeness (QED) is 0.528. The van der Waals surface area contributed by atoms with Gasteiger partial charge in [0.05, 0.1) is 6.54 Å². The van der Waals surface area contributed by atoms with E-state index in [0.29, 0.717) is 18.7 Å². The normalized spacial score (nSPS) is 11.8. The van der Waals surface area contributed by atoms with Gasteiger partial charge in [0, 0.05) is 24.2 Å². The Bertz CT molecular complexity index is 821. The van der Waals surface area contributed by atoms with Gasteiger partial charge in [-0.2, -0.15) is 0 Å². The topological polar surface area (TPSA) is 65.5 Å². The molecule has 0 bridgehead atoms. The molecular weight excluding hydrogens is 348 g/mol. The first-order chi connectivity index (χ1) is 13.3. The average molecular weight is 381 g/mol. The first-order valence-corrected chi connectivity index (χ1v) is 9.76. The van der Waals surface area contributed by atoms with Crippen LogP contribution in [0.15, 0.2) is 53.5 Å². The molecule has 0 atom stereocenters. The number of rotatable bonds is 6. The van der Waals surface area contributed by atoms with Crippen molar-refractivity contribution >= 4 is 11.9 Å². The molecule has 2 aromatic rings. The van der Waals surface area contributed by atoms with Gasteiger partial charge >= 0.3 is 0 Å². The Balaban J connectivity index is 2.05. The van der Waals surface area contributed by atoms with Gasteiger partial charge < -0.3 is 16.0 Å². The minimum absolute atomic E-state index is 0.0667. The number of hydrogen-bond acceptors (Lipinski definition) is 2. The number of hydrogen-bond donors (Lipinski definition) is 3. The van der Waals surface area contributed by atoms with E-state index in [4.69, 9.17) is 0 Å². The molecule has 5 heteroatoms. The highest BCUT2D eigenvalue weighted by atomic mass is 16.1. The summed E-state index contributed by atoms with van der Waals surface area (Å²) in [6, 6.07) is 15.9. The van der Waals surface area contributed by atoms with Crippen LogP contribution in [0.5, 0.6) is 0 Å². The van der Waals surface area contributed by atoms with E-state index in [1.54, 1.807) is 0 Å². The molecular formula is C23H32N4O. The van der Waals surface area contributed by atoms with Crippen LogP contribution in [0.1, 0.15) is 54.7 Å². The molecule has 0 fully saturated rings. The molecule has 0 aromatic heterocycles. The van der Waals surface area contributed by atoms with E-state index in [1.807, 2.05) is 64.1 Å². The minimum atomic E-state index is -0.261. The summed E-state index contributed by atoms with van der Waals surface area (Å²) in [6.07, 6.45) is 0. The lowest BCUT2D eigenvalue weighted by molar-refractivity contribution is 0.0919. The highest BCUT2D eigenvalue weighted by Gasteiger charge is 2.15. The van der Waals surface area contributed by atoms with Crippen LogP contribution in [0.25, 0.3) is 0 Å². The van der Waals surface area contributed by atoms with E-state index >= 15 is 0 Å². The first-order valence-electron chi connectivity index (χ1n) is 9.76. The summed E-state index contributed by atoms with van der Waals surface area (Å²) < 4.78 is 0. The molecule has 0 saturated heterocycles. The molecule has 3 N–H and O–H groups in total. The van der Waals surface area contributed by atoms with Crippen molar-refractivity contribution in [2.75, 3.05) is 6.54 Å². The minimum Gasteiger partial charge on any atom is -0.357 e. The van der Waals surface area contributed by atoms with Crippen molar-refractivity contribution < 1.29 is 4.79 Å². The second-order valence-electron chi connectivity index (χ2n) is 7.88. The number of carbonyl (C=O) groups is 1. The summed E-state index contributed by atoms with van der Waals surface area (Å²) >= 11 is 0. The highest BCUT2D eigenvalue weighted by molar-refractivity contribution is 5.94. The fourth-order valence-electron chi connectivity index (χ4n) is 2.72. The van der Waals surface area contributed by atoms with Crippen LogP contribution in [0.2, 0.25) is 0 Å². The van der Waals surface area contributed by atoms with Crippen molar-refractivity contribution in [3.05, 3.63) is 70.8 Å². The lowest BCUT2D eigenvalue weighted by Gasteiger charge is -2.20. The predicted molar refractivity (Wildman–Crippen MR) is 116 cm³/mol. The third-order valence-electron chi connectivity index (χ3n) is 4.15. The van der Waals surface area contributed by atoms with Crippen molar-refractivity contribution in [1.82, 2.24) is 16.0 Å². The molecule has 28 heavy (non-hydrogen) atoms. The first kappa shape index (κ1) is 21.5. The van der Waals surface area contributed by atoms with Crippen LogP contribution >= 0.6 is 0 Å². The Morgan fingerprint density at radius 1 is 1.04 bits per heavy atom. The van der Waals surface area contributed by atoms with Crippen LogP contribution in [0.3, 0.4) is 0 Å². The molecule has 150 valence electrons. The zero-order valence-corrected chi connectivity index (χ0v) is 17.6. The van der Waals surface area contributed by atoms with Crippen LogP contribution < -0.4 is 16.0 Å². The SMILES string of the molecule is CCNC(=NCc1cccc(C(=O)NC(C)(C)C)c1)NCc1ccccc1C.